The molecule has 84 valence electrons. The van der Waals surface area contributed by atoms with Gasteiger partial charge in [0.05, 0.1) is 0 Å². The van der Waals surface area contributed by atoms with Crippen molar-refractivity contribution >= 4 is 5.91 Å². The van der Waals surface area contributed by atoms with Crippen molar-refractivity contribution in [2.45, 2.75) is 13.3 Å². The molecule has 0 radical (unpaired) electrons. The van der Waals surface area contributed by atoms with Crippen molar-refractivity contribution in [2.24, 2.45) is 0 Å². The third kappa shape index (κ3) is 2.16. The summed E-state index contributed by atoms with van der Waals surface area (Å²) in [7, 11) is 0. The van der Waals surface area contributed by atoms with Crippen LogP contribution in [0, 0.1) is 0 Å². The Kier molecular flexibility index (Phi) is 3.10. The third-order valence-electron chi connectivity index (χ3n) is 2.12. The second-order valence-electron chi connectivity index (χ2n) is 3.40. The van der Waals surface area contributed by atoms with Crippen LogP contribution in [0.1, 0.15) is 13.3 Å². The van der Waals surface area contributed by atoms with Crippen molar-refractivity contribution in [2.75, 3.05) is 6.54 Å². The number of benzene rings is 1. The lowest BCUT2D eigenvalue weighted by atomic mass is 10.3. The normalized spacial score (nSPS) is 12.9. The first-order valence-corrected chi connectivity index (χ1v) is 5.23. The Balaban J connectivity index is 2.06. The smallest absolute Gasteiger partial charge is 0.290 e. The molecule has 0 aromatic heterocycles. The van der Waals surface area contributed by atoms with Crippen molar-refractivity contribution in [3.63, 3.8) is 0 Å². The van der Waals surface area contributed by atoms with Gasteiger partial charge in [0.1, 0.15) is 6.26 Å². The molecule has 1 heterocycles. The van der Waals surface area contributed by atoms with Gasteiger partial charge in [-0.3, -0.25) is 4.79 Å². The minimum absolute atomic E-state index is 0.187. The second kappa shape index (κ2) is 4.70. The van der Waals surface area contributed by atoms with E-state index in [0.717, 1.165) is 6.42 Å². The summed E-state index contributed by atoms with van der Waals surface area (Å²) in [5, 5.41) is 2.72. The fraction of sp³-hybridized carbons (Fsp3) is 0.250. The first-order chi connectivity index (χ1) is 7.81. The molecule has 1 aliphatic heterocycles. The SMILES string of the molecule is CCCNC(=O)C1=COc2ccccc2O1. The van der Waals surface area contributed by atoms with Crippen LogP contribution in [-0.2, 0) is 4.79 Å². The molecule has 0 aliphatic carbocycles. The van der Waals surface area contributed by atoms with E-state index in [9.17, 15) is 4.79 Å². The number of carbonyl (C=O) groups excluding carboxylic acids is 1. The fourth-order valence-electron chi connectivity index (χ4n) is 1.32. The van der Waals surface area contributed by atoms with E-state index in [0.29, 0.717) is 18.0 Å². The Bertz CT molecular complexity index is 426. The Hall–Kier alpha value is -1.97. The maximum absolute atomic E-state index is 11.6. The van der Waals surface area contributed by atoms with Crippen molar-refractivity contribution in [3.8, 4) is 11.5 Å². The summed E-state index contributed by atoms with van der Waals surface area (Å²) in [6.07, 6.45) is 2.21. The van der Waals surface area contributed by atoms with Crippen LogP contribution in [0.3, 0.4) is 0 Å². The molecule has 1 N–H and O–H groups in total. The van der Waals surface area contributed by atoms with Gasteiger partial charge in [-0.15, -0.1) is 0 Å². The zero-order chi connectivity index (χ0) is 11.4. The summed E-state index contributed by atoms with van der Waals surface area (Å²) in [4.78, 5) is 11.6. The molecule has 2 rings (SSSR count). The van der Waals surface area contributed by atoms with E-state index in [1.807, 2.05) is 19.1 Å². The fourth-order valence-corrected chi connectivity index (χ4v) is 1.32. The summed E-state index contributed by atoms with van der Waals surface area (Å²) < 4.78 is 10.7. The van der Waals surface area contributed by atoms with E-state index in [2.05, 4.69) is 5.32 Å². The molecule has 4 heteroatoms. The van der Waals surface area contributed by atoms with E-state index >= 15 is 0 Å². The van der Waals surface area contributed by atoms with E-state index in [1.54, 1.807) is 12.1 Å². The number of nitrogens with one attached hydrogen (secondary N) is 1. The number of amides is 1. The molecule has 1 aromatic rings. The van der Waals surface area contributed by atoms with Crippen LogP contribution < -0.4 is 14.8 Å². The van der Waals surface area contributed by atoms with Gasteiger partial charge in [-0.05, 0) is 18.6 Å². The van der Waals surface area contributed by atoms with Crippen molar-refractivity contribution in [3.05, 3.63) is 36.3 Å². The number of hydrogen-bond donors (Lipinski definition) is 1. The summed E-state index contributed by atoms with van der Waals surface area (Å²) in [5.74, 6) is 1.12. The van der Waals surface area contributed by atoms with Crippen LogP contribution in [0.2, 0.25) is 0 Å². The number of fused-ring (bicyclic) bond motifs is 1. The van der Waals surface area contributed by atoms with Crippen LogP contribution in [0.4, 0.5) is 0 Å². The first-order valence-electron chi connectivity index (χ1n) is 5.23. The van der Waals surface area contributed by atoms with E-state index in [4.69, 9.17) is 9.47 Å². The van der Waals surface area contributed by atoms with Crippen LogP contribution >= 0.6 is 0 Å². The molecule has 4 nitrogen and oxygen atoms in total. The molecule has 0 saturated heterocycles. The summed E-state index contributed by atoms with van der Waals surface area (Å²) in [6.45, 7) is 2.61. The maximum atomic E-state index is 11.6. The Morgan fingerprint density at radius 1 is 1.31 bits per heavy atom. The lowest BCUT2D eigenvalue weighted by Gasteiger charge is -2.17. The minimum Gasteiger partial charge on any atom is -0.457 e. The molecular weight excluding hydrogens is 206 g/mol. The summed E-state index contributed by atoms with van der Waals surface area (Å²) >= 11 is 0. The van der Waals surface area contributed by atoms with Gasteiger partial charge in [0.15, 0.2) is 11.5 Å². The molecule has 0 bridgehead atoms. The molecule has 0 spiro atoms. The number of rotatable bonds is 3. The maximum Gasteiger partial charge on any atom is 0.290 e. The first kappa shape index (κ1) is 10.5. The Morgan fingerprint density at radius 2 is 2.06 bits per heavy atom. The molecule has 0 unspecified atom stereocenters. The van der Waals surface area contributed by atoms with Gasteiger partial charge in [-0.2, -0.15) is 0 Å². The highest BCUT2D eigenvalue weighted by Crippen LogP contribution is 2.31. The molecule has 16 heavy (non-hydrogen) atoms. The highest BCUT2D eigenvalue weighted by molar-refractivity contribution is 5.92. The van der Waals surface area contributed by atoms with E-state index < -0.39 is 0 Å². The third-order valence-corrected chi connectivity index (χ3v) is 2.12. The predicted molar refractivity (Wildman–Crippen MR) is 59.1 cm³/mol. The van der Waals surface area contributed by atoms with Crippen LogP contribution in [-0.4, -0.2) is 12.5 Å². The van der Waals surface area contributed by atoms with E-state index in [-0.39, 0.29) is 11.7 Å². The highest BCUT2D eigenvalue weighted by Gasteiger charge is 2.18. The number of hydrogen-bond acceptors (Lipinski definition) is 3. The van der Waals surface area contributed by atoms with Crippen molar-refractivity contribution in [1.82, 2.24) is 5.32 Å². The molecular formula is C12H13NO3. The molecule has 1 aromatic carbocycles. The monoisotopic (exact) mass is 219 g/mol. The van der Waals surface area contributed by atoms with Gasteiger partial charge in [0.2, 0.25) is 5.76 Å². The number of carbonyl (C=O) groups is 1. The zero-order valence-electron chi connectivity index (χ0n) is 9.03. The quantitative estimate of drug-likeness (QED) is 0.843. The van der Waals surface area contributed by atoms with Crippen molar-refractivity contribution < 1.29 is 14.3 Å². The van der Waals surface area contributed by atoms with Gasteiger partial charge < -0.3 is 14.8 Å². The topological polar surface area (TPSA) is 47.6 Å². The zero-order valence-corrected chi connectivity index (χ0v) is 9.03. The molecule has 0 fully saturated rings. The largest absolute Gasteiger partial charge is 0.457 e. The minimum atomic E-state index is -0.253. The average Bonchev–Trinajstić information content (AvgIpc) is 2.35. The summed E-state index contributed by atoms with van der Waals surface area (Å²) in [5.41, 5.74) is 0. The Labute approximate surface area is 93.9 Å². The standard InChI is InChI=1S/C12H13NO3/c1-2-7-13-12(14)11-8-15-9-5-3-4-6-10(9)16-11/h3-6,8H,2,7H2,1H3,(H,13,14). The molecule has 1 amide bonds. The Morgan fingerprint density at radius 3 is 2.81 bits per heavy atom. The highest BCUT2D eigenvalue weighted by atomic mass is 16.6. The van der Waals surface area contributed by atoms with Gasteiger partial charge in [-0.25, -0.2) is 0 Å². The molecule has 0 atom stereocenters. The van der Waals surface area contributed by atoms with Gasteiger partial charge in [0, 0.05) is 6.54 Å². The van der Waals surface area contributed by atoms with Crippen LogP contribution in [0.5, 0.6) is 11.5 Å². The molecule has 0 saturated carbocycles. The predicted octanol–water partition coefficient (Wildman–Crippen LogP) is 1.83. The second-order valence-corrected chi connectivity index (χ2v) is 3.40. The lowest BCUT2D eigenvalue weighted by molar-refractivity contribution is -0.119. The average molecular weight is 219 g/mol. The van der Waals surface area contributed by atoms with Crippen molar-refractivity contribution in [1.29, 1.82) is 0 Å². The van der Waals surface area contributed by atoms with Gasteiger partial charge in [-0.1, -0.05) is 19.1 Å². The number of para-hydroxylation sites is 2. The van der Waals surface area contributed by atoms with E-state index in [1.165, 1.54) is 6.26 Å². The van der Waals surface area contributed by atoms with Gasteiger partial charge >= 0.3 is 0 Å². The van der Waals surface area contributed by atoms with Gasteiger partial charge in [0.25, 0.3) is 5.91 Å². The number of ether oxygens (including phenoxy) is 2. The van der Waals surface area contributed by atoms with Crippen LogP contribution in [0.15, 0.2) is 36.3 Å². The molecule has 1 aliphatic rings. The van der Waals surface area contributed by atoms with Crippen LogP contribution in [0.25, 0.3) is 0 Å². The summed E-state index contributed by atoms with van der Waals surface area (Å²) in [6, 6.07) is 7.22. The lowest BCUT2D eigenvalue weighted by Crippen LogP contribution is -2.29.